The van der Waals surface area contributed by atoms with Crippen LogP contribution in [0.3, 0.4) is 0 Å². The van der Waals surface area contributed by atoms with Crippen LogP contribution < -0.4 is 16.0 Å². The minimum atomic E-state index is -1.09. The summed E-state index contributed by atoms with van der Waals surface area (Å²) in [5, 5.41) is 31.4. The molecule has 5 rings (SSSR count). The molecular formula is C29H25ClN6O4S2. The number of nitriles is 1. The monoisotopic (exact) mass is 620 g/mol. The Morgan fingerprint density at radius 3 is 2.71 bits per heavy atom. The molecule has 4 N–H and O–H groups in total. The standard InChI is InChI=1S/C29H25ClN6O4S2/c1-29(2)11-20-24(21(37)12-29)23(17-8-3-4-9-19(17)30)18(13-31)25(32)36(20)27-34-35-28(42-27)41-14-22(38)33-16-7-5-6-15(10-16)26(39)40/h3-10,23H,11-12,14,32H2,1-2H3,(H,33,38)(H,39,40). The molecule has 0 bridgehead atoms. The molecule has 1 amide bonds. The average molecular weight is 621 g/mol. The van der Waals surface area contributed by atoms with Gasteiger partial charge in [-0.05, 0) is 41.7 Å². The molecule has 214 valence electrons. The highest BCUT2D eigenvalue weighted by Gasteiger charge is 2.45. The molecule has 13 heteroatoms. The fourth-order valence-corrected chi connectivity index (χ4v) is 7.08. The first kappa shape index (κ1) is 29.3. The van der Waals surface area contributed by atoms with E-state index in [0.29, 0.717) is 49.9 Å². The number of halogens is 1. The fraction of sp³-hybridized carbons (Fsp3) is 0.241. The van der Waals surface area contributed by atoms with Crippen LogP contribution in [0.15, 0.2) is 75.5 Å². The van der Waals surface area contributed by atoms with E-state index in [2.05, 4.69) is 21.6 Å². The number of amides is 1. The Balaban J connectivity index is 1.44. The maximum Gasteiger partial charge on any atom is 0.335 e. The minimum Gasteiger partial charge on any atom is -0.478 e. The first-order chi connectivity index (χ1) is 20.0. The normalized spacial score (nSPS) is 18.0. The van der Waals surface area contributed by atoms with E-state index in [1.54, 1.807) is 35.2 Å². The van der Waals surface area contributed by atoms with Crippen LogP contribution in [0, 0.1) is 16.7 Å². The predicted octanol–water partition coefficient (Wildman–Crippen LogP) is 5.56. The van der Waals surface area contributed by atoms with E-state index in [-0.39, 0.29) is 39.8 Å². The number of thioether (sulfide) groups is 1. The van der Waals surface area contributed by atoms with Crippen molar-refractivity contribution >= 4 is 63.2 Å². The first-order valence-corrected chi connectivity index (χ1v) is 15.0. The molecule has 2 aliphatic rings. The van der Waals surface area contributed by atoms with E-state index >= 15 is 0 Å². The van der Waals surface area contributed by atoms with Crippen molar-refractivity contribution in [1.82, 2.24) is 10.2 Å². The summed E-state index contributed by atoms with van der Waals surface area (Å²) in [4.78, 5) is 39.0. The third kappa shape index (κ3) is 5.76. The number of aromatic nitrogens is 2. The highest BCUT2D eigenvalue weighted by molar-refractivity contribution is 8.01. The SMILES string of the molecule is CC1(C)CC(=O)C2=C(C1)N(c1nnc(SCC(=O)Nc3cccc(C(=O)O)c3)s1)C(N)=C(C#N)C2c1ccccc1Cl. The summed E-state index contributed by atoms with van der Waals surface area (Å²) in [6.45, 7) is 4.01. The minimum absolute atomic E-state index is 0.00522. The van der Waals surface area contributed by atoms with Gasteiger partial charge in [-0.25, -0.2) is 4.79 Å². The second-order valence-electron chi connectivity index (χ2n) is 10.6. The van der Waals surface area contributed by atoms with Crippen molar-refractivity contribution in [2.45, 2.75) is 36.9 Å². The van der Waals surface area contributed by atoms with E-state index < -0.39 is 11.9 Å². The van der Waals surface area contributed by atoms with Crippen LogP contribution in [0.5, 0.6) is 0 Å². The molecule has 42 heavy (non-hydrogen) atoms. The topological polar surface area (TPSA) is 162 Å². The molecular weight excluding hydrogens is 596 g/mol. The van der Waals surface area contributed by atoms with Gasteiger partial charge in [0.1, 0.15) is 5.82 Å². The number of carboxylic acids is 1. The van der Waals surface area contributed by atoms with Crippen LogP contribution in [-0.2, 0) is 9.59 Å². The number of aromatic carboxylic acids is 1. The molecule has 0 spiro atoms. The van der Waals surface area contributed by atoms with Crippen LogP contribution in [0.4, 0.5) is 10.8 Å². The van der Waals surface area contributed by atoms with Gasteiger partial charge in [-0.1, -0.05) is 72.8 Å². The summed E-state index contributed by atoms with van der Waals surface area (Å²) in [6, 6.07) is 15.3. The zero-order valence-corrected chi connectivity index (χ0v) is 24.9. The Morgan fingerprint density at radius 2 is 2.00 bits per heavy atom. The van der Waals surface area contributed by atoms with Crippen LogP contribution in [0.25, 0.3) is 0 Å². The Labute approximate surface area is 254 Å². The van der Waals surface area contributed by atoms with Crippen molar-refractivity contribution in [2.75, 3.05) is 16.0 Å². The van der Waals surface area contributed by atoms with E-state index in [9.17, 15) is 19.6 Å². The van der Waals surface area contributed by atoms with Crippen molar-refractivity contribution < 1.29 is 19.5 Å². The molecule has 1 atom stereocenters. The lowest BCUT2D eigenvalue weighted by molar-refractivity contribution is -0.118. The van der Waals surface area contributed by atoms with E-state index in [1.807, 2.05) is 19.9 Å². The molecule has 1 aliphatic heterocycles. The molecule has 1 aromatic heterocycles. The number of anilines is 2. The number of carbonyl (C=O) groups is 3. The van der Waals surface area contributed by atoms with E-state index in [0.717, 1.165) is 11.8 Å². The number of Topliss-reactive ketones (excluding diaryl/α,β-unsaturated/α-hetero) is 1. The van der Waals surface area contributed by atoms with Crippen LogP contribution in [0.2, 0.25) is 5.02 Å². The number of nitrogens with one attached hydrogen (secondary N) is 1. The number of nitrogens with zero attached hydrogens (tertiary/aromatic N) is 4. The number of carboxylic acid groups (broad SMARTS) is 1. The van der Waals surface area contributed by atoms with Crippen molar-refractivity contribution in [3.8, 4) is 6.07 Å². The number of benzene rings is 2. The third-order valence-electron chi connectivity index (χ3n) is 6.90. The molecule has 10 nitrogen and oxygen atoms in total. The maximum atomic E-state index is 13.7. The fourth-order valence-electron chi connectivity index (χ4n) is 5.15. The van der Waals surface area contributed by atoms with Gasteiger partial charge in [0.2, 0.25) is 11.0 Å². The second kappa shape index (κ2) is 11.6. The third-order valence-corrected chi connectivity index (χ3v) is 9.29. The number of hydrogen-bond acceptors (Lipinski definition) is 10. The Bertz CT molecular complexity index is 1720. The molecule has 2 aromatic carbocycles. The molecule has 0 fully saturated rings. The number of carbonyl (C=O) groups excluding carboxylic acids is 2. The first-order valence-electron chi connectivity index (χ1n) is 12.8. The smallest absolute Gasteiger partial charge is 0.335 e. The number of hydrogen-bond donors (Lipinski definition) is 3. The van der Waals surface area contributed by atoms with Gasteiger partial charge < -0.3 is 16.2 Å². The molecule has 1 unspecified atom stereocenters. The van der Waals surface area contributed by atoms with Crippen molar-refractivity contribution in [3.63, 3.8) is 0 Å². The number of nitrogens with two attached hydrogens (primary N) is 1. The van der Waals surface area contributed by atoms with Crippen LogP contribution in [-0.4, -0.2) is 38.7 Å². The predicted molar refractivity (Wildman–Crippen MR) is 161 cm³/mol. The average Bonchev–Trinajstić information content (AvgIpc) is 3.39. The quantitative estimate of drug-likeness (QED) is 0.285. The lowest BCUT2D eigenvalue weighted by atomic mass is 9.68. The second-order valence-corrected chi connectivity index (χ2v) is 13.2. The Kier molecular flexibility index (Phi) is 8.10. The lowest BCUT2D eigenvalue weighted by Crippen LogP contribution is -2.42. The van der Waals surface area contributed by atoms with Gasteiger partial charge in [-0.2, -0.15) is 5.26 Å². The molecule has 0 saturated carbocycles. The zero-order chi connectivity index (χ0) is 30.2. The van der Waals surface area contributed by atoms with Gasteiger partial charge >= 0.3 is 5.97 Å². The van der Waals surface area contributed by atoms with Gasteiger partial charge in [0, 0.05) is 28.4 Å². The zero-order valence-electron chi connectivity index (χ0n) is 22.6. The summed E-state index contributed by atoms with van der Waals surface area (Å²) in [6.07, 6.45) is 0.815. The Hall–Kier alpha value is -4.18. The lowest BCUT2D eigenvalue weighted by Gasteiger charge is -2.42. The van der Waals surface area contributed by atoms with Gasteiger partial charge in [0.25, 0.3) is 0 Å². The maximum absolute atomic E-state index is 13.7. The van der Waals surface area contributed by atoms with Crippen molar-refractivity contribution in [1.29, 1.82) is 5.26 Å². The number of allylic oxidation sites excluding steroid dienone is 3. The molecule has 0 radical (unpaired) electrons. The van der Waals surface area contributed by atoms with Crippen molar-refractivity contribution in [2.24, 2.45) is 11.1 Å². The summed E-state index contributed by atoms with van der Waals surface area (Å²) in [5.41, 5.74) is 8.68. The van der Waals surface area contributed by atoms with Gasteiger partial charge in [0.05, 0.1) is 28.9 Å². The van der Waals surface area contributed by atoms with Crippen molar-refractivity contribution in [3.05, 3.63) is 87.3 Å². The van der Waals surface area contributed by atoms with E-state index in [4.69, 9.17) is 22.4 Å². The molecule has 3 aromatic rings. The van der Waals surface area contributed by atoms with E-state index in [1.165, 1.54) is 23.5 Å². The number of ketones is 1. The summed E-state index contributed by atoms with van der Waals surface area (Å²) >= 11 is 8.88. The number of rotatable bonds is 7. The largest absolute Gasteiger partial charge is 0.478 e. The summed E-state index contributed by atoms with van der Waals surface area (Å²) in [5.74, 6) is -2.09. The van der Waals surface area contributed by atoms with Gasteiger partial charge in [-0.15, -0.1) is 10.2 Å². The van der Waals surface area contributed by atoms with Gasteiger partial charge in [-0.3, -0.25) is 14.5 Å². The summed E-state index contributed by atoms with van der Waals surface area (Å²) < 4.78 is 0.475. The highest BCUT2D eigenvalue weighted by atomic mass is 35.5. The van der Waals surface area contributed by atoms with Gasteiger partial charge in [0.15, 0.2) is 10.1 Å². The van der Waals surface area contributed by atoms with Crippen LogP contribution in [0.1, 0.15) is 48.5 Å². The summed E-state index contributed by atoms with van der Waals surface area (Å²) in [7, 11) is 0. The Morgan fingerprint density at radius 1 is 1.24 bits per heavy atom. The molecule has 2 heterocycles. The van der Waals surface area contributed by atoms with Crippen LogP contribution >= 0.6 is 34.7 Å². The molecule has 1 aliphatic carbocycles. The highest BCUT2D eigenvalue weighted by Crippen LogP contribution is 2.51. The molecule has 0 saturated heterocycles.